The lowest BCUT2D eigenvalue weighted by molar-refractivity contribution is 0.555. The third-order valence-corrected chi connectivity index (χ3v) is 3.97. The van der Waals surface area contributed by atoms with Gasteiger partial charge in [-0.3, -0.25) is 0 Å². The summed E-state index contributed by atoms with van der Waals surface area (Å²) in [6.45, 7) is 2.29. The summed E-state index contributed by atoms with van der Waals surface area (Å²) in [5.41, 5.74) is 6.90. The molecule has 1 aromatic carbocycles. The van der Waals surface area contributed by atoms with Gasteiger partial charge in [-0.2, -0.15) is 0 Å². The minimum absolute atomic E-state index is 0.493. The lowest BCUT2D eigenvalue weighted by Gasteiger charge is -2.18. The summed E-state index contributed by atoms with van der Waals surface area (Å²) < 4.78 is 0. The lowest BCUT2D eigenvalue weighted by Crippen LogP contribution is -2.22. The fraction of sp³-hybridized carbons (Fsp3) is 0.375. The molecule has 1 saturated carbocycles. The average molecular weight is 268 g/mol. The Bertz CT molecular complexity index is 582. The number of anilines is 2. The first-order valence-electron chi connectivity index (χ1n) is 7.19. The number of nitrogens with two attached hydrogens (primary N) is 1. The van der Waals surface area contributed by atoms with Crippen LogP contribution in [0.5, 0.6) is 0 Å². The topological polar surface area (TPSA) is 63.8 Å². The molecule has 0 aliphatic heterocycles. The molecule has 4 nitrogen and oxygen atoms in total. The van der Waals surface area contributed by atoms with E-state index < -0.39 is 0 Å². The van der Waals surface area contributed by atoms with Gasteiger partial charge >= 0.3 is 0 Å². The molecule has 2 atom stereocenters. The molecule has 1 fully saturated rings. The lowest BCUT2D eigenvalue weighted by atomic mass is 10.1. The van der Waals surface area contributed by atoms with Crippen LogP contribution >= 0.6 is 0 Å². The summed E-state index contributed by atoms with van der Waals surface area (Å²) in [6, 6.07) is 12.2. The number of aromatic nitrogens is 2. The predicted molar refractivity (Wildman–Crippen MR) is 82.3 cm³/mol. The number of rotatable bonds is 3. The molecule has 4 heteroatoms. The van der Waals surface area contributed by atoms with Crippen molar-refractivity contribution >= 4 is 11.6 Å². The SMILES string of the molecule is CC1CCCC1Nc1cc(N)nc(-c2ccccc2)n1. The zero-order valence-electron chi connectivity index (χ0n) is 11.7. The Morgan fingerprint density at radius 2 is 1.95 bits per heavy atom. The zero-order valence-corrected chi connectivity index (χ0v) is 11.7. The van der Waals surface area contributed by atoms with Crippen LogP contribution in [0.2, 0.25) is 0 Å². The maximum Gasteiger partial charge on any atom is 0.163 e. The summed E-state index contributed by atoms with van der Waals surface area (Å²) in [7, 11) is 0. The number of hydrogen-bond donors (Lipinski definition) is 2. The van der Waals surface area contributed by atoms with Crippen LogP contribution in [-0.2, 0) is 0 Å². The van der Waals surface area contributed by atoms with Crippen LogP contribution in [-0.4, -0.2) is 16.0 Å². The molecule has 1 heterocycles. The molecule has 20 heavy (non-hydrogen) atoms. The van der Waals surface area contributed by atoms with Gasteiger partial charge in [0.15, 0.2) is 5.82 Å². The monoisotopic (exact) mass is 268 g/mol. The Morgan fingerprint density at radius 1 is 1.15 bits per heavy atom. The number of hydrogen-bond acceptors (Lipinski definition) is 4. The molecule has 1 aliphatic rings. The van der Waals surface area contributed by atoms with Gasteiger partial charge in [0.05, 0.1) is 0 Å². The van der Waals surface area contributed by atoms with E-state index in [4.69, 9.17) is 5.73 Å². The van der Waals surface area contributed by atoms with Crippen molar-refractivity contribution in [2.75, 3.05) is 11.1 Å². The molecular formula is C16H20N4. The molecule has 0 spiro atoms. The molecule has 2 aromatic rings. The van der Waals surface area contributed by atoms with Crippen molar-refractivity contribution in [2.45, 2.75) is 32.2 Å². The van der Waals surface area contributed by atoms with Crippen molar-refractivity contribution in [1.29, 1.82) is 0 Å². The average Bonchev–Trinajstić information content (AvgIpc) is 2.85. The Hall–Kier alpha value is -2.10. The van der Waals surface area contributed by atoms with Crippen molar-refractivity contribution in [3.63, 3.8) is 0 Å². The number of benzene rings is 1. The van der Waals surface area contributed by atoms with Gasteiger partial charge in [0.1, 0.15) is 11.6 Å². The van der Waals surface area contributed by atoms with Crippen molar-refractivity contribution < 1.29 is 0 Å². The van der Waals surface area contributed by atoms with E-state index in [0.717, 1.165) is 11.4 Å². The molecular weight excluding hydrogens is 248 g/mol. The van der Waals surface area contributed by atoms with Crippen molar-refractivity contribution in [3.05, 3.63) is 36.4 Å². The fourth-order valence-electron chi connectivity index (χ4n) is 2.81. The van der Waals surface area contributed by atoms with E-state index in [0.29, 0.717) is 23.6 Å². The zero-order chi connectivity index (χ0) is 13.9. The van der Waals surface area contributed by atoms with Crippen LogP contribution in [0, 0.1) is 5.92 Å². The largest absolute Gasteiger partial charge is 0.384 e. The van der Waals surface area contributed by atoms with Gasteiger partial charge in [0, 0.05) is 17.7 Å². The molecule has 2 unspecified atom stereocenters. The number of nitrogens with zero attached hydrogens (tertiary/aromatic N) is 2. The smallest absolute Gasteiger partial charge is 0.163 e. The van der Waals surface area contributed by atoms with Gasteiger partial charge in [-0.05, 0) is 18.8 Å². The molecule has 1 aliphatic carbocycles. The van der Waals surface area contributed by atoms with E-state index in [1.54, 1.807) is 0 Å². The van der Waals surface area contributed by atoms with Gasteiger partial charge in [0.2, 0.25) is 0 Å². The molecule has 3 rings (SSSR count). The quantitative estimate of drug-likeness (QED) is 0.896. The van der Waals surface area contributed by atoms with Crippen LogP contribution < -0.4 is 11.1 Å². The first-order chi connectivity index (χ1) is 9.72. The number of nitrogens with one attached hydrogen (secondary N) is 1. The van der Waals surface area contributed by atoms with Gasteiger partial charge in [-0.15, -0.1) is 0 Å². The maximum absolute atomic E-state index is 5.91. The van der Waals surface area contributed by atoms with Crippen molar-refractivity contribution in [1.82, 2.24) is 9.97 Å². The second-order valence-corrected chi connectivity index (χ2v) is 5.53. The van der Waals surface area contributed by atoms with E-state index in [9.17, 15) is 0 Å². The third-order valence-electron chi connectivity index (χ3n) is 3.97. The second kappa shape index (κ2) is 5.49. The summed E-state index contributed by atoms with van der Waals surface area (Å²) in [5, 5.41) is 3.51. The molecule has 104 valence electrons. The highest BCUT2D eigenvalue weighted by Gasteiger charge is 2.23. The minimum atomic E-state index is 0.493. The Labute approximate surface area is 119 Å². The Kier molecular flexibility index (Phi) is 3.54. The molecule has 0 amide bonds. The van der Waals surface area contributed by atoms with Crippen LogP contribution in [0.15, 0.2) is 36.4 Å². The molecule has 0 bridgehead atoms. The van der Waals surface area contributed by atoms with Crippen molar-refractivity contribution in [2.24, 2.45) is 5.92 Å². The molecule has 0 saturated heterocycles. The van der Waals surface area contributed by atoms with E-state index in [2.05, 4.69) is 22.2 Å². The van der Waals surface area contributed by atoms with E-state index >= 15 is 0 Å². The van der Waals surface area contributed by atoms with Gasteiger partial charge < -0.3 is 11.1 Å². The highest BCUT2D eigenvalue weighted by molar-refractivity contribution is 5.60. The van der Waals surface area contributed by atoms with Crippen LogP contribution in [0.1, 0.15) is 26.2 Å². The van der Waals surface area contributed by atoms with Gasteiger partial charge in [0.25, 0.3) is 0 Å². The third kappa shape index (κ3) is 2.74. The molecule has 0 radical (unpaired) electrons. The van der Waals surface area contributed by atoms with Gasteiger partial charge in [-0.1, -0.05) is 43.7 Å². The fourth-order valence-corrected chi connectivity index (χ4v) is 2.81. The molecule has 3 N–H and O–H groups in total. The highest BCUT2D eigenvalue weighted by Crippen LogP contribution is 2.28. The van der Waals surface area contributed by atoms with Crippen LogP contribution in [0.25, 0.3) is 11.4 Å². The van der Waals surface area contributed by atoms with Crippen molar-refractivity contribution in [3.8, 4) is 11.4 Å². The summed E-state index contributed by atoms with van der Waals surface area (Å²) in [4.78, 5) is 8.92. The predicted octanol–water partition coefficient (Wildman–Crippen LogP) is 3.33. The van der Waals surface area contributed by atoms with Gasteiger partial charge in [-0.25, -0.2) is 9.97 Å². The first kappa shape index (κ1) is 12.9. The summed E-state index contributed by atoms with van der Waals surface area (Å²) in [6.07, 6.45) is 3.76. The highest BCUT2D eigenvalue weighted by atomic mass is 15.1. The standard InChI is InChI=1S/C16H20N4/c1-11-6-5-9-13(11)18-15-10-14(17)19-16(20-15)12-7-3-2-4-8-12/h2-4,7-8,10-11,13H,5-6,9H2,1H3,(H3,17,18,19,20). The van der Waals surface area contributed by atoms with E-state index in [1.807, 2.05) is 36.4 Å². The Morgan fingerprint density at radius 3 is 2.65 bits per heavy atom. The second-order valence-electron chi connectivity index (χ2n) is 5.53. The molecule has 1 aromatic heterocycles. The van der Waals surface area contributed by atoms with E-state index in [-0.39, 0.29) is 0 Å². The van der Waals surface area contributed by atoms with E-state index in [1.165, 1.54) is 19.3 Å². The van der Waals surface area contributed by atoms with Crippen LogP contribution in [0.3, 0.4) is 0 Å². The normalized spacial score (nSPS) is 21.9. The minimum Gasteiger partial charge on any atom is -0.384 e. The van der Waals surface area contributed by atoms with Crippen LogP contribution in [0.4, 0.5) is 11.6 Å². The maximum atomic E-state index is 5.91. The summed E-state index contributed by atoms with van der Waals surface area (Å²) >= 11 is 0. The first-order valence-corrected chi connectivity index (χ1v) is 7.19. The Balaban J connectivity index is 1.87. The summed E-state index contributed by atoms with van der Waals surface area (Å²) in [5.74, 6) is 2.70. The number of nitrogen functional groups attached to an aromatic ring is 1.